The van der Waals surface area contributed by atoms with Gasteiger partial charge in [0, 0.05) is 10.3 Å². The SMILES string of the molecule is CCCCOC(=O)/C(C#N)=C/c1scc(C#N)c1Cl. The summed E-state index contributed by atoms with van der Waals surface area (Å²) in [6, 6.07) is 3.71. The highest BCUT2D eigenvalue weighted by Crippen LogP contribution is 2.29. The Morgan fingerprint density at radius 3 is 2.84 bits per heavy atom. The van der Waals surface area contributed by atoms with Crippen LogP contribution in [0.5, 0.6) is 0 Å². The summed E-state index contributed by atoms with van der Waals surface area (Å²) in [4.78, 5) is 12.1. The first kappa shape index (κ1) is 15.2. The molecule has 4 nitrogen and oxygen atoms in total. The number of esters is 1. The summed E-state index contributed by atoms with van der Waals surface area (Å²) >= 11 is 7.14. The van der Waals surface area contributed by atoms with Gasteiger partial charge >= 0.3 is 5.97 Å². The summed E-state index contributed by atoms with van der Waals surface area (Å²) in [5, 5.41) is 19.5. The number of ether oxygens (including phenoxy) is 1. The summed E-state index contributed by atoms with van der Waals surface area (Å²) in [6.45, 7) is 2.26. The summed E-state index contributed by atoms with van der Waals surface area (Å²) < 4.78 is 4.95. The zero-order valence-electron chi connectivity index (χ0n) is 10.3. The van der Waals surface area contributed by atoms with Crippen LogP contribution in [0, 0.1) is 22.7 Å². The van der Waals surface area contributed by atoms with Gasteiger partial charge in [-0.15, -0.1) is 11.3 Å². The van der Waals surface area contributed by atoms with Gasteiger partial charge in [-0.2, -0.15) is 10.5 Å². The smallest absolute Gasteiger partial charge is 0.348 e. The van der Waals surface area contributed by atoms with Crippen LogP contribution < -0.4 is 0 Å². The fourth-order valence-corrected chi connectivity index (χ4v) is 2.35. The van der Waals surface area contributed by atoms with Gasteiger partial charge in [0.1, 0.15) is 17.7 Å². The van der Waals surface area contributed by atoms with E-state index in [1.54, 1.807) is 11.4 Å². The van der Waals surface area contributed by atoms with Crippen molar-refractivity contribution in [2.24, 2.45) is 0 Å². The average molecular weight is 295 g/mol. The van der Waals surface area contributed by atoms with Crippen LogP contribution in [0.1, 0.15) is 30.2 Å². The zero-order valence-corrected chi connectivity index (χ0v) is 11.8. The minimum atomic E-state index is -0.668. The van der Waals surface area contributed by atoms with Gasteiger partial charge in [0.15, 0.2) is 0 Å². The van der Waals surface area contributed by atoms with Crippen molar-refractivity contribution in [3.63, 3.8) is 0 Å². The summed E-state index contributed by atoms with van der Waals surface area (Å²) in [6.07, 6.45) is 3.01. The Morgan fingerprint density at radius 1 is 1.58 bits per heavy atom. The van der Waals surface area contributed by atoms with E-state index in [1.165, 1.54) is 17.4 Å². The molecule has 0 aromatic carbocycles. The Bertz CT molecular complexity index is 578. The lowest BCUT2D eigenvalue weighted by Gasteiger charge is -2.01. The molecule has 0 aliphatic heterocycles. The van der Waals surface area contributed by atoms with E-state index < -0.39 is 5.97 Å². The second-order valence-electron chi connectivity index (χ2n) is 3.60. The van der Waals surface area contributed by atoms with Crippen LogP contribution in [-0.4, -0.2) is 12.6 Å². The third-order valence-electron chi connectivity index (χ3n) is 2.22. The Labute approximate surface area is 120 Å². The second kappa shape index (κ2) is 7.58. The summed E-state index contributed by atoms with van der Waals surface area (Å²) in [7, 11) is 0. The van der Waals surface area contributed by atoms with Crippen LogP contribution in [0.2, 0.25) is 5.02 Å². The van der Waals surface area contributed by atoms with Crippen molar-refractivity contribution in [2.75, 3.05) is 6.61 Å². The van der Waals surface area contributed by atoms with Gasteiger partial charge in [-0.05, 0) is 12.5 Å². The number of unbranched alkanes of at least 4 members (excludes halogenated alkanes) is 1. The van der Waals surface area contributed by atoms with Gasteiger partial charge in [-0.1, -0.05) is 24.9 Å². The molecule has 1 aromatic rings. The van der Waals surface area contributed by atoms with E-state index in [4.69, 9.17) is 26.9 Å². The molecule has 0 radical (unpaired) electrons. The highest BCUT2D eigenvalue weighted by molar-refractivity contribution is 7.11. The number of thiophene rings is 1. The number of hydrogen-bond acceptors (Lipinski definition) is 5. The molecule has 0 aliphatic rings. The molecule has 0 amide bonds. The first-order chi connectivity index (χ1) is 9.13. The Hall–Kier alpha value is -1.82. The molecule has 0 aliphatic carbocycles. The van der Waals surface area contributed by atoms with Gasteiger partial charge in [0.05, 0.1) is 17.2 Å². The number of carbonyl (C=O) groups is 1. The predicted molar refractivity (Wildman–Crippen MR) is 73.5 cm³/mol. The normalized spacial score (nSPS) is 10.6. The van der Waals surface area contributed by atoms with E-state index in [0.717, 1.165) is 12.8 Å². The molecule has 0 atom stereocenters. The third kappa shape index (κ3) is 4.10. The van der Waals surface area contributed by atoms with Crippen molar-refractivity contribution in [3.05, 3.63) is 26.4 Å². The monoisotopic (exact) mass is 294 g/mol. The third-order valence-corrected chi connectivity index (χ3v) is 3.67. The minimum absolute atomic E-state index is 0.121. The van der Waals surface area contributed by atoms with Crippen LogP contribution in [-0.2, 0) is 9.53 Å². The lowest BCUT2D eigenvalue weighted by atomic mass is 10.2. The fourth-order valence-electron chi connectivity index (χ4n) is 1.19. The summed E-state index contributed by atoms with van der Waals surface area (Å²) in [5.74, 6) is -0.668. The topological polar surface area (TPSA) is 73.9 Å². The van der Waals surface area contributed by atoms with Crippen LogP contribution in [0.25, 0.3) is 6.08 Å². The van der Waals surface area contributed by atoms with Crippen molar-refractivity contribution in [3.8, 4) is 12.1 Å². The Balaban J connectivity index is 2.88. The van der Waals surface area contributed by atoms with Gasteiger partial charge in [-0.25, -0.2) is 4.79 Å². The van der Waals surface area contributed by atoms with Crippen molar-refractivity contribution >= 4 is 35.0 Å². The molecule has 0 bridgehead atoms. The molecule has 0 unspecified atom stereocenters. The standard InChI is InChI=1S/C13H11ClN2O2S/c1-2-3-4-18-13(17)9(6-15)5-11-12(14)10(7-16)8-19-11/h5,8H,2-4H2,1H3/b9-5+. The number of nitriles is 2. The molecule has 1 aromatic heterocycles. The van der Waals surface area contributed by atoms with E-state index in [-0.39, 0.29) is 17.2 Å². The van der Waals surface area contributed by atoms with Crippen molar-refractivity contribution in [2.45, 2.75) is 19.8 Å². The molecule has 98 valence electrons. The quantitative estimate of drug-likeness (QED) is 0.360. The predicted octanol–water partition coefficient (Wildman–Crippen LogP) is 3.52. The van der Waals surface area contributed by atoms with E-state index in [1.807, 2.05) is 13.0 Å². The van der Waals surface area contributed by atoms with Gasteiger partial charge < -0.3 is 4.74 Å². The van der Waals surface area contributed by atoms with Crippen LogP contribution >= 0.6 is 22.9 Å². The highest BCUT2D eigenvalue weighted by atomic mass is 35.5. The number of nitrogens with zero attached hydrogens (tertiary/aromatic N) is 2. The molecule has 1 rings (SSSR count). The van der Waals surface area contributed by atoms with Crippen LogP contribution in [0.15, 0.2) is 11.0 Å². The van der Waals surface area contributed by atoms with Gasteiger partial charge in [-0.3, -0.25) is 0 Å². The van der Waals surface area contributed by atoms with Crippen molar-refractivity contribution in [1.82, 2.24) is 0 Å². The van der Waals surface area contributed by atoms with Crippen molar-refractivity contribution < 1.29 is 9.53 Å². The van der Waals surface area contributed by atoms with Crippen LogP contribution in [0.3, 0.4) is 0 Å². The van der Waals surface area contributed by atoms with E-state index >= 15 is 0 Å². The Morgan fingerprint density at radius 2 is 2.32 bits per heavy atom. The molecule has 0 saturated heterocycles. The van der Waals surface area contributed by atoms with Crippen LogP contribution in [0.4, 0.5) is 0 Å². The lowest BCUT2D eigenvalue weighted by molar-refractivity contribution is -0.138. The zero-order chi connectivity index (χ0) is 14.3. The maximum absolute atomic E-state index is 11.6. The highest BCUT2D eigenvalue weighted by Gasteiger charge is 2.14. The fraction of sp³-hybridized carbons (Fsp3) is 0.308. The average Bonchev–Trinajstić information content (AvgIpc) is 2.76. The molecular formula is C13H11ClN2O2S. The molecule has 0 N–H and O–H groups in total. The molecule has 0 saturated carbocycles. The first-order valence-electron chi connectivity index (χ1n) is 5.60. The lowest BCUT2D eigenvalue weighted by Crippen LogP contribution is -2.07. The largest absolute Gasteiger partial charge is 0.462 e. The molecule has 0 fully saturated rings. The number of rotatable bonds is 5. The van der Waals surface area contributed by atoms with E-state index in [0.29, 0.717) is 10.4 Å². The number of halogens is 1. The van der Waals surface area contributed by atoms with E-state index in [2.05, 4.69) is 0 Å². The second-order valence-corrected chi connectivity index (χ2v) is 4.89. The number of carbonyl (C=O) groups excluding carboxylic acids is 1. The maximum Gasteiger partial charge on any atom is 0.348 e. The molecule has 1 heterocycles. The van der Waals surface area contributed by atoms with Crippen molar-refractivity contribution in [1.29, 1.82) is 10.5 Å². The molecule has 19 heavy (non-hydrogen) atoms. The van der Waals surface area contributed by atoms with E-state index in [9.17, 15) is 4.79 Å². The summed E-state index contributed by atoms with van der Waals surface area (Å²) in [5.41, 5.74) is 0.207. The molecular weight excluding hydrogens is 284 g/mol. The first-order valence-corrected chi connectivity index (χ1v) is 6.85. The Kier molecular flexibility index (Phi) is 6.08. The molecule has 6 heteroatoms. The minimum Gasteiger partial charge on any atom is -0.462 e. The number of hydrogen-bond donors (Lipinski definition) is 0. The molecule has 0 spiro atoms. The maximum atomic E-state index is 11.6. The van der Waals surface area contributed by atoms with Gasteiger partial charge in [0.25, 0.3) is 0 Å². The van der Waals surface area contributed by atoms with Gasteiger partial charge in [0.2, 0.25) is 0 Å².